The third kappa shape index (κ3) is 9.07. The second-order valence-corrected chi connectivity index (χ2v) is 9.81. The van der Waals surface area contributed by atoms with Gasteiger partial charge in [-0.05, 0) is 62.7 Å². The lowest BCUT2D eigenvalue weighted by molar-refractivity contribution is -0.121. The first-order chi connectivity index (χ1) is 14.9. The van der Waals surface area contributed by atoms with Crippen molar-refractivity contribution >= 4 is 5.91 Å². The normalized spacial score (nSPS) is 27.3. The molecular weight excluding hydrogens is 390 g/mol. The molecule has 1 amide bonds. The summed E-state index contributed by atoms with van der Waals surface area (Å²) in [5.41, 5.74) is 1.47. The number of carbonyl (C=O) groups excluding carboxylic acids is 1. The van der Waals surface area contributed by atoms with Crippen molar-refractivity contribution in [3.05, 3.63) is 23.8 Å². The first-order valence-electron chi connectivity index (χ1n) is 12.6. The largest absolute Gasteiger partial charge is 0.396 e. The van der Waals surface area contributed by atoms with Crippen LogP contribution in [0, 0.1) is 23.7 Å². The first-order valence-corrected chi connectivity index (χ1v) is 12.6. The molecule has 0 aromatic heterocycles. The van der Waals surface area contributed by atoms with Gasteiger partial charge < -0.3 is 20.6 Å². The van der Waals surface area contributed by atoms with Crippen molar-refractivity contribution in [2.45, 2.75) is 96.7 Å². The maximum Gasteiger partial charge on any atom is 0.219 e. The number of nitrogens with one attached hydrogen (secondary N) is 1. The summed E-state index contributed by atoms with van der Waals surface area (Å²) >= 11 is 0. The molecule has 1 saturated carbocycles. The van der Waals surface area contributed by atoms with E-state index < -0.39 is 6.10 Å². The molecule has 178 valence electrons. The van der Waals surface area contributed by atoms with Crippen LogP contribution in [-0.4, -0.2) is 46.6 Å². The zero-order valence-electron chi connectivity index (χ0n) is 19.6. The number of rotatable bonds is 15. The SMILES string of the molecule is CCCC[C@H](C)C[C@H](O)/C=C/[C@@H]1[C@H]2CC(CCCCC(=O)NCCCO)=C[C@H]2C[C@H]1O. The lowest BCUT2D eigenvalue weighted by Crippen LogP contribution is -2.24. The lowest BCUT2D eigenvalue weighted by atomic mass is 9.88. The first kappa shape index (κ1) is 26.1. The van der Waals surface area contributed by atoms with E-state index in [1.54, 1.807) is 0 Å². The highest BCUT2D eigenvalue weighted by Crippen LogP contribution is 2.48. The Morgan fingerprint density at radius 3 is 2.84 bits per heavy atom. The summed E-state index contributed by atoms with van der Waals surface area (Å²) in [7, 11) is 0. The molecule has 0 saturated heterocycles. The van der Waals surface area contributed by atoms with Gasteiger partial charge in [-0.2, -0.15) is 0 Å². The molecular formula is C26H45NO4. The molecule has 0 bridgehead atoms. The summed E-state index contributed by atoms with van der Waals surface area (Å²) in [6.45, 7) is 5.06. The van der Waals surface area contributed by atoms with E-state index in [1.807, 2.05) is 6.08 Å². The topological polar surface area (TPSA) is 89.8 Å². The van der Waals surface area contributed by atoms with Gasteiger partial charge in [0.25, 0.3) is 0 Å². The molecule has 0 unspecified atom stereocenters. The summed E-state index contributed by atoms with van der Waals surface area (Å²) in [6, 6.07) is 0. The molecule has 2 aliphatic carbocycles. The Bertz CT molecular complexity index is 588. The number of aliphatic hydroxyl groups excluding tert-OH is 3. The predicted molar refractivity (Wildman–Crippen MR) is 125 cm³/mol. The van der Waals surface area contributed by atoms with E-state index in [2.05, 4.69) is 31.3 Å². The molecule has 0 aromatic carbocycles. The molecule has 5 nitrogen and oxygen atoms in total. The van der Waals surface area contributed by atoms with Gasteiger partial charge in [-0.3, -0.25) is 4.79 Å². The average Bonchev–Trinajstić information content (AvgIpc) is 3.24. The number of allylic oxidation sites excluding steroid dienone is 2. The number of hydrogen-bond donors (Lipinski definition) is 4. The summed E-state index contributed by atoms with van der Waals surface area (Å²) < 4.78 is 0. The van der Waals surface area contributed by atoms with Crippen LogP contribution >= 0.6 is 0 Å². The van der Waals surface area contributed by atoms with E-state index in [4.69, 9.17) is 5.11 Å². The number of carbonyl (C=O) groups is 1. The number of unbranched alkanes of at least 4 members (excludes halogenated alkanes) is 2. The quantitative estimate of drug-likeness (QED) is 0.230. The van der Waals surface area contributed by atoms with Crippen LogP contribution in [0.3, 0.4) is 0 Å². The van der Waals surface area contributed by atoms with Gasteiger partial charge in [0, 0.05) is 25.5 Å². The summed E-state index contributed by atoms with van der Waals surface area (Å²) in [4.78, 5) is 11.7. The van der Waals surface area contributed by atoms with Crippen LogP contribution in [0.5, 0.6) is 0 Å². The lowest BCUT2D eigenvalue weighted by Gasteiger charge is -2.19. The number of amides is 1. The Hall–Kier alpha value is -1.17. The molecule has 0 spiro atoms. The van der Waals surface area contributed by atoms with Gasteiger partial charge in [-0.25, -0.2) is 0 Å². The zero-order chi connectivity index (χ0) is 22.6. The van der Waals surface area contributed by atoms with E-state index in [-0.39, 0.29) is 24.5 Å². The summed E-state index contributed by atoms with van der Waals surface area (Å²) in [6.07, 6.45) is 15.9. The molecule has 0 aromatic rings. The molecule has 1 fully saturated rings. The van der Waals surface area contributed by atoms with Crippen LogP contribution in [-0.2, 0) is 4.79 Å². The van der Waals surface area contributed by atoms with Crippen LogP contribution in [0.1, 0.15) is 84.5 Å². The van der Waals surface area contributed by atoms with Gasteiger partial charge in [0.2, 0.25) is 5.91 Å². The van der Waals surface area contributed by atoms with Crippen LogP contribution < -0.4 is 5.32 Å². The van der Waals surface area contributed by atoms with Crippen molar-refractivity contribution in [3.8, 4) is 0 Å². The fourth-order valence-electron chi connectivity index (χ4n) is 5.24. The Kier molecular flexibility index (Phi) is 11.8. The van der Waals surface area contributed by atoms with Crippen molar-refractivity contribution in [1.29, 1.82) is 0 Å². The van der Waals surface area contributed by atoms with Crippen LogP contribution in [0.25, 0.3) is 0 Å². The van der Waals surface area contributed by atoms with Crippen molar-refractivity contribution in [3.63, 3.8) is 0 Å². The molecule has 5 heteroatoms. The second-order valence-electron chi connectivity index (χ2n) is 9.81. The molecule has 2 rings (SSSR count). The zero-order valence-corrected chi connectivity index (χ0v) is 19.6. The molecule has 0 aliphatic heterocycles. The Morgan fingerprint density at radius 2 is 2.10 bits per heavy atom. The number of fused-ring (bicyclic) bond motifs is 1. The summed E-state index contributed by atoms with van der Waals surface area (Å²) in [5, 5.41) is 32.5. The fraction of sp³-hybridized carbons (Fsp3) is 0.808. The third-order valence-corrected chi connectivity index (χ3v) is 7.01. The Morgan fingerprint density at radius 1 is 1.29 bits per heavy atom. The van der Waals surface area contributed by atoms with Crippen molar-refractivity contribution in [1.82, 2.24) is 5.32 Å². The highest BCUT2D eigenvalue weighted by molar-refractivity contribution is 5.75. The van der Waals surface area contributed by atoms with E-state index in [0.717, 1.165) is 44.9 Å². The second kappa shape index (κ2) is 14.1. The standard InChI is InChI=1S/C26H45NO4/c1-3-4-8-19(2)15-22(29)11-12-23-24-17-20(16-21(24)18-25(23)30)9-5-6-10-26(31)27-13-7-14-28/h11-12,16,19,21-25,28-30H,3-10,13-15,17-18H2,1-2H3,(H,27,31)/b12-11+/t19-,21-,22+,23+,24-,25+/m0/s1. The molecule has 6 atom stereocenters. The van der Waals surface area contributed by atoms with Crippen molar-refractivity contribution < 1.29 is 20.1 Å². The molecule has 2 aliphatic rings. The van der Waals surface area contributed by atoms with Crippen LogP contribution in [0.2, 0.25) is 0 Å². The van der Waals surface area contributed by atoms with Gasteiger partial charge in [0.05, 0.1) is 12.2 Å². The molecule has 4 N–H and O–H groups in total. The number of hydrogen-bond acceptors (Lipinski definition) is 4. The van der Waals surface area contributed by atoms with Gasteiger partial charge in [0.1, 0.15) is 0 Å². The van der Waals surface area contributed by atoms with Gasteiger partial charge in [-0.15, -0.1) is 0 Å². The Labute approximate surface area is 189 Å². The summed E-state index contributed by atoms with van der Waals surface area (Å²) in [5.74, 6) is 1.63. The predicted octanol–water partition coefficient (Wildman–Crippen LogP) is 4.12. The van der Waals surface area contributed by atoms with E-state index >= 15 is 0 Å². The maximum atomic E-state index is 11.7. The fourth-order valence-corrected chi connectivity index (χ4v) is 5.24. The van der Waals surface area contributed by atoms with Crippen molar-refractivity contribution in [2.24, 2.45) is 23.7 Å². The Balaban J connectivity index is 1.71. The van der Waals surface area contributed by atoms with Gasteiger partial charge >= 0.3 is 0 Å². The molecule has 0 radical (unpaired) electrons. The van der Waals surface area contributed by atoms with Crippen LogP contribution in [0.15, 0.2) is 23.8 Å². The highest BCUT2D eigenvalue weighted by atomic mass is 16.3. The third-order valence-electron chi connectivity index (χ3n) is 7.01. The van der Waals surface area contributed by atoms with Gasteiger partial charge in [0.15, 0.2) is 0 Å². The maximum absolute atomic E-state index is 11.7. The van der Waals surface area contributed by atoms with Gasteiger partial charge in [-0.1, -0.05) is 56.9 Å². The van der Waals surface area contributed by atoms with Crippen LogP contribution in [0.4, 0.5) is 0 Å². The smallest absolute Gasteiger partial charge is 0.219 e. The minimum absolute atomic E-state index is 0.0709. The van der Waals surface area contributed by atoms with E-state index in [0.29, 0.717) is 37.1 Å². The minimum Gasteiger partial charge on any atom is -0.396 e. The van der Waals surface area contributed by atoms with E-state index in [9.17, 15) is 15.0 Å². The monoisotopic (exact) mass is 435 g/mol. The highest BCUT2D eigenvalue weighted by Gasteiger charge is 2.43. The average molecular weight is 436 g/mol. The molecule has 31 heavy (non-hydrogen) atoms. The van der Waals surface area contributed by atoms with Crippen molar-refractivity contribution in [2.75, 3.05) is 13.2 Å². The minimum atomic E-state index is -0.421. The van der Waals surface area contributed by atoms with E-state index in [1.165, 1.54) is 18.4 Å². The molecule has 0 heterocycles. The number of aliphatic hydroxyl groups is 3.